The number of benzene rings is 1. The fraction of sp³-hybridized carbons (Fsp3) is 0.364. The van der Waals surface area contributed by atoms with E-state index in [2.05, 4.69) is 4.74 Å². The van der Waals surface area contributed by atoms with Crippen molar-refractivity contribution in [1.29, 1.82) is 0 Å². The number of carbonyl (C=O) groups excluding carboxylic acids is 1. The molecule has 6 nitrogen and oxygen atoms in total. The van der Waals surface area contributed by atoms with Crippen LogP contribution in [0.1, 0.15) is 17.3 Å². The maximum Gasteiger partial charge on any atom is 0.522 e. The van der Waals surface area contributed by atoms with E-state index in [4.69, 9.17) is 4.74 Å². The molecule has 0 fully saturated rings. The van der Waals surface area contributed by atoms with E-state index in [0.717, 1.165) is 25.1 Å². The highest BCUT2D eigenvalue weighted by Gasteiger charge is 2.28. The number of nitro groups is 1. The quantitative estimate of drug-likeness (QED) is 0.349. The van der Waals surface area contributed by atoms with Crippen molar-refractivity contribution >= 4 is 11.5 Å². The maximum absolute atomic E-state index is 11.7. The summed E-state index contributed by atoms with van der Waals surface area (Å²) < 4.78 is 43.6. The Hall–Kier alpha value is -2.16. The summed E-state index contributed by atoms with van der Waals surface area (Å²) in [5.41, 5.74) is -0.389. The van der Waals surface area contributed by atoms with Crippen LogP contribution in [0.4, 0.5) is 18.9 Å². The van der Waals surface area contributed by atoms with Crippen molar-refractivity contribution in [3.05, 3.63) is 33.9 Å². The summed E-state index contributed by atoms with van der Waals surface area (Å²) >= 11 is 0. The predicted octanol–water partition coefficient (Wildman–Crippen LogP) is 2.71. The molecule has 0 bridgehead atoms. The van der Waals surface area contributed by atoms with Crippen molar-refractivity contribution in [2.75, 3.05) is 13.2 Å². The number of ether oxygens (including phenoxy) is 2. The summed E-state index contributed by atoms with van der Waals surface area (Å²) in [5, 5.41) is 10.6. The first-order valence-corrected chi connectivity index (χ1v) is 5.33. The zero-order valence-corrected chi connectivity index (χ0v) is 10.3. The number of Topliss-reactive ketones (excluding diaryl/α,β-unsaturated/α-hetero) is 1. The van der Waals surface area contributed by atoms with E-state index in [-0.39, 0.29) is 17.0 Å². The van der Waals surface area contributed by atoms with Crippen molar-refractivity contribution < 1.29 is 32.4 Å². The highest BCUT2D eigenvalue weighted by Crippen LogP contribution is 2.25. The zero-order chi connectivity index (χ0) is 15.3. The van der Waals surface area contributed by atoms with Gasteiger partial charge in [0.25, 0.3) is 5.69 Å². The SMILES string of the molecule is CC(=O)c1cc([N+](=O)[O-])ccc1OCCOC(F)(F)F. The molecule has 0 aliphatic carbocycles. The summed E-state index contributed by atoms with van der Waals surface area (Å²) in [4.78, 5) is 21.2. The number of nitrogens with zero attached hydrogens (tertiary/aromatic N) is 1. The van der Waals surface area contributed by atoms with Crippen LogP contribution in [-0.4, -0.2) is 30.3 Å². The van der Waals surface area contributed by atoms with Gasteiger partial charge in [-0.2, -0.15) is 0 Å². The van der Waals surface area contributed by atoms with Crippen LogP contribution < -0.4 is 4.74 Å². The fourth-order valence-electron chi connectivity index (χ4n) is 1.34. The third-order valence-corrected chi connectivity index (χ3v) is 2.16. The van der Waals surface area contributed by atoms with Gasteiger partial charge < -0.3 is 4.74 Å². The van der Waals surface area contributed by atoms with E-state index in [1.807, 2.05) is 0 Å². The Morgan fingerprint density at radius 2 is 2.00 bits per heavy atom. The molecule has 0 aliphatic heterocycles. The number of hydrogen-bond acceptors (Lipinski definition) is 5. The number of carbonyl (C=O) groups is 1. The van der Waals surface area contributed by atoms with Gasteiger partial charge in [-0.3, -0.25) is 19.6 Å². The number of alkyl halides is 3. The van der Waals surface area contributed by atoms with Crippen LogP contribution in [0.25, 0.3) is 0 Å². The summed E-state index contributed by atoms with van der Waals surface area (Å²) in [5.74, 6) is -0.533. The van der Waals surface area contributed by atoms with Crippen LogP contribution in [0.2, 0.25) is 0 Å². The number of hydrogen-bond donors (Lipinski definition) is 0. The first kappa shape index (κ1) is 15.9. The minimum absolute atomic E-state index is 0.0334. The number of rotatable bonds is 6. The molecule has 9 heteroatoms. The van der Waals surface area contributed by atoms with Gasteiger partial charge in [0.05, 0.1) is 17.1 Å². The molecule has 0 amide bonds. The van der Waals surface area contributed by atoms with E-state index < -0.39 is 30.3 Å². The van der Waals surface area contributed by atoms with Gasteiger partial charge in [-0.1, -0.05) is 0 Å². The van der Waals surface area contributed by atoms with E-state index in [0.29, 0.717) is 0 Å². The molecule has 0 radical (unpaired) electrons. The third kappa shape index (κ3) is 4.84. The molecule has 0 spiro atoms. The van der Waals surface area contributed by atoms with Crippen molar-refractivity contribution in [2.24, 2.45) is 0 Å². The Kier molecular flexibility index (Phi) is 5.03. The smallest absolute Gasteiger partial charge is 0.490 e. The summed E-state index contributed by atoms with van der Waals surface area (Å²) in [6, 6.07) is 3.25. The molecule has 0 N–H and O–H groups in total. The van der Waals surface area contributed by atoms with Gasteiger partial charge in [0.15, 0.2) is 5.78 Å². The third-order valence-electron chi connectivity index (χ3n) is 2.16. The second-order valence-corrected chi connectivity index (χ2v) is 3.64. The normalized spacial score (nSPS) is 11.2. The Labute approximate surface area is 111 Å². The van der Waals surface area contributed by atoms with E-state index >= 15 is 0 Å². The first-order valence-electron chi connectivity index (χ1n) is 5.33. The molecule has 1 aromatic carbocycles. The molecule has 0 aromatic heterocycles. The second kappa shape index (κ2) is 6.33. The van der Waals surface area contributed by atoms with Gasteiger partial charge >= 0.3 is 6.36 Å². The molecule has 0 aliphatic rings. The summed E-state index contributed by atoms with van der Waals surface area (Å²) in [6.07, 6.45) is -4.76. The average Bonchev–Trinajstić information content (AvgIpc) is 2.33. The monoisotopic (exact) mass is 293 g/mol. The van der Waals surface area contributed by atoms with Crippen LogP contribution in [-0.2, 0) is 4.74 Å². The van der Waals surface area contributed by atoms with Crippen molar-refractivity contribution in [1.82, 2.24) is 0 Å². The van der Waals surface area contributed by atoms with Gasteiger partial charge in [0, 0.05) is 12.1 Å². The Morgan fingerprint density at radius 1 is 1.35 bits per heavy atom. The first-order chi connectivity index (χ1) is 9.20. The van der Waals surface area contributed by atoms with E-state index in [1.165, 1.54) is 0 Å². The molecular formula is C11H10F3NO5. The highest BCUT2D eigenvalue weighted by atomic mass is 19.4. The van der Waals surface area contributed by atoms with Crippen molar-refractivity contribution in [3.63, 3.8) is 0 Å². The molecule has 0 saturated carbocycles. The van der Waals surface area contributed by atoms with Gasteiger partial charge in [-0.25, -0.2) is 0 Å². The standard InChI is InChI=1S/C11H10F3NO5/c1-7(16)9-6-8(15(17)18)2-3-10(9)19-4-5-20-11(12,13)14/h2-3,6H,4-5H2,1H3. The topological polar surface area (TPSA) is 78.7 Å². The van der Waals surface area contributed by atoms with E-state index in [9.17, 15) is 28.1 Å². The fourth-order valence-corrected chi connectivity index (χ4v) is 1.34. The predicted molar refractivity (Wildman–Crippen MR) is 60.6 cm³/mol. The van der Waals surface area contributed by atoms with Gasteiger partial charge in [-0.05, 0) is 13.0 Å². The molecular weight excluding hydrogens is 283 g/mol. The Bertz CT molecular complexity index is 515. The zero-order valence-electron chi connectivity index (χ0n) is 10.3. The maximum atomic E-state index is 11.7. The molecule has 0 atom stereocenters. The number of non-ortho nitro benzene ring substituents is 1. The van der Waals surface area contributed by atoms with E-state index in [1.54, 1.807) is 0 Å². The lowest BCUT2D eigenvalue weighted by Crippen LogP contribution is -2.18. The van der Waals surface area contributed by atoms with Gasteiger partial charge in [-0.15, -0.1) is 13.2 Å². The lowest BCUT2D eigenvalue weighted by atomic mass is 10.1. The lowest BCUT2D eigenvalue weighted by molar-refractivity contribution is -0.384. The van der Waals surface area contributed by atoms with Gasteiger partial charge in [0.2, 0.25) is 0 Å². The van der Waals surface area contributed by atoms with Crippen molar-refractivity contribution in [2.45, 2.75) is 13.3 Å². The van der Waals surface area contributed by atoms with Crippen LogP contribution >= 0.6 is 0 Å². The molecule has 110 valence electrons. The minimum atomic E-state index is -4.76. The number of ketones is 1. The molecule has 1 aromatic rings. The molecule has 0 unspecified atom stereocenters. The molecule has 0 saturated heterocycles. The minimum Gasteiger partial charge on any atom is -0.490 e. The Morgan fingerprint density at radius 3 is 2.50 bits per heavy atom. The second-order valence-electron chi connectivity index (χ2n) is 3.64. The van der Waals surface area contributed by atoms with Crippen molar-refractivity contribution in [3.8, 4) is 5.75 Å². The van der Waals surface area contributed by atoms with Crippen LogP contribution in [0.15, 0.2) is 18.2 Å². The van der Waals surface area contributed by atoms with Crippen LogP contribution in [0.3, 0.4) is 0 Å². The highest BCUT2D eigenvalue weighted by molar-refractivity contribution is 5.97. The lowest BCUT2D eigenvalue weighted by Gasteiger charge is -2.11. The molecule has 1 rings (SSSR count). The van der Waals surface area contributed by atoms with Gasteiger partial charge in [0.1, 0.15) is 12.4 Å². The summed E-state index contributed by atoms with van der Waals surface area (Å²) in [7, 11) is 0. The number of nitro benzene ring substituents is 1. The average molecular weight is 293 g/mol. The molecule has 20 heavy (non-hydrogen) atoms. The largest absolute Gasteiger partial charge is 0.522 e. The van der Waals surface area contributed by atoms with Crippen LogP contribution in [0, 0.1) is 10.1 Å². The Balaban J connectivity index is 2.75. The molecule has 0 heterocycles. The van der Waals surface area contributed by atoms with Crippen LogP contribution in [0.5, 0.6) is 5.75 Å². The number of halogens is 3. The summed E-state index contributed by atoms with van der Waals surface area (Å²) in [6.45, 7) is -0.0342.